The summed E-state index contributed by atoms with van der Waals surface area (Å²) in [7, 11) is 0. The molecule has 0 fully saturated rings. The number of aryl methyl sites for hydroxylation is 1. The summed E-state index contributed by atoms with van der Waals surface area (Å²) >= 11 is 0. The Labute approximate surface area is 192 Å². The largest absolute Gasteiger partial charge is 0.207 e. The molecule has 0 spiro atoms. The van der Waals surface area contributed by atoms with Crippen LogP contribution in [-0.2, 0) is 12.8 Å². The highest BCUT2D eigenvalue weighted by Crippen LogP contribution is 2.18. The molecule has 168 valence electrons. The Bertz CT molecular complexity index is 1200. The summed E-state index contributed by atoms with van der Waals surface area (Å²) in [6.07, 6.45) is 3.34. The van der Waals surface area contributed by atoms with Gasteiger partial charge < -0.3 is 0 Å². The predicted octanol–water partition coefficient (Wildman–Crippen LogP) is 7.34. The minimum absolute atomic E-state index is 0.0956. The Morgan fingerprint density at radius 1 is 0.576 bits per heavy atom. The van der Waals surface area contributed by atoms with Gasteiger partial charge in [0, 0.05) is 22.3 Å². The summed E-state index contributed by atoms with van der Waals surface area (Å²) in [6.45, 7) is 3.91. The van der Waals surface area contributed by atoms with Gasteiger partial charge in [0.2, 0.25) is 0 Å². The average Bonchev–Trinajstić information content (AvgIpc) is 2.77. The quantitative estimate of drug-likeness (QED) is 0.283. The molecule has 4 heteroatoms. The smallest absolute Gasteiger partial charge is 0.142 e. The van der Waals surface area contributed by atoms with E-state index >= 15 is 0 Å². The molecule has 33 heavy (non-hydrogen) atoms. The number of benzene rings is 3. The summed E-state index contributed by atoms with van der Waals surface area (Å²) in [4.78, 5) is 0. The van der Waals surface area contributed by atoms with Gasteiger partial charge >= 0.3 is 0 Å². The van der Waals surface area contributed by atoms with Gasteiger partial charge in [0.25, 0.3) is 0 Å². The molecule has 3 aromatic rings. The summed E-state index contributed by atoms with van der Waals surface area (Å²) in [5.74, 6) is 8.43. The Hall–Kier alpha value is -3.50. The monoisotopic (exact) mass is 448 g/mol. The van der Waals surface area contributed by atoms with Crippen LogP contribution < -0.4 is 0 Å². The Morgan fingerprint density at radius 2 is 1.09 bits per heavy atom. The summed E-state index contributed by atoms with van der Waals surface area (Å²) in [5.41, 5.74) is 1.89. The lowest BCUT2D eigenvalue weighted by Gasteiger charge is -2.04. The van der Waals surface area contributed by atoms with Crippen LogP contribution in [0.5, 0.6) is 0 Å². The SMILES string of the molecule is CCCCc1c(F)cc(C#Cc2ccc(C#Cc3c(F)cc(CCC)cc3F)cc2)cc1F. The van der Waals surface area contributed by atoms with E-state index in [4.69, 9.17) is 0 Å². The van der Waals surface area contributed by atoms with Gasteiger partial charge in [-0.05, 0) is 73.4 Å². The van der Waals surface area contributed by atoms with Gasteiger partial charge in [-0.2, -0.15) is 0 Å². The highest BCUT2D eigenvalue weighted by Gasteiger charge is 2.10. The number of rotatable bonds is 5. The maximum Gasteiger partial charge on any atom is 0.142 e. The van der Waals surface area contributed by atoms with E-state index in [-0.39, 0.29) is 16.7 Å². The van der Waals surface area contributed by atoms with Crippen LogP contribution in [0.2, 0.25) is 0 Å². The fourth-order valence-electron chi connectivity index (χ4n) is 3.36. The number of hydrogen-bond acceptors (Lipinski definition) is 0. The molecule has 3 rings (SSSR count). The van der Waals surface area contributed by atoms with Crippen LogP contribution in [0.3, 0.4) is 0 Å². The highest BCUT2D eigenvalue weighted by atomic mass is 19.1. The molecule has 0 heterocycles. The molecule has 0 saturated carbocycles. The van der Waals surface area contributed by atoms with Crippen molar-refractivity contribution in [1.82, 2.24) is 0 Å². The van der Waals surface area contributed by atoms with Crippen molar-refractivity contribution >= 4 is 0 Å². The third kappa shape index (κ3) is 6.50. The second kappa shape index (κ2) is 11.4. The van der Waals surface area contributed by atoms with Crippen molar-refractivity contribution in [2.45, 2.75) is 46.0 Å². The average molecular weight is 449 g/mol. The Morgan fingerprint density at radius 3 is 1.61 bits per heavy atom. The van der Waals surface area contributed by atoms with E-state index in [1.807, 2.05) is 13.8 Å². The molecule has 0 aliphatic heterocycles. The van der Waals surface area contributed by atoms with Crippen molar-refractivity contribution in [1.29, 1.82) is 0 Å². The lowest BCUT2D eigenvalue weighted by atomic mass is 10.0. The molecule has 0 nitrogen and oxygen atoms in total. The predicted molar refractivity (Wildman–Crippen MR) is 124 cm³/mol. The van der Waals surface area contributed by atoms with Gasteiger partial charge in [0.15, 0.2) is 0 Å². The third-order valence-corrected chi connectivity index (χ3v) is 5.13. The molecule has 0 amide bonds. The molecule has 0 radical (unpaired) electrons. The first-order chi connectivity index (χ1) is 15.9. The zero-order chi connectivity index (χ0) is 23.8. The van der Waals surface area contributed by atoms with E-state index in [9.17, 15) is 17.6 Å². The van der Waals surface area contributed by atoms with Crippen LogP contribution in [0.15, 0.2) is 48.5 Å². The zero-order valence-electron chi connectivity index (χ0n) is 18.7. The van der Waals surface area contributed by atoms with E-state index in [0.29, 0.717) is 29.5 Å². The molecule has 0 aliphatic rings. The third-order valence-electron chi connectivity index (χ3n) is 5.13. The van der Waals surface area contributed by atoms with Crippen molar-refractivity contribution in [3.63, 3.8) is 0 Å². The molecule has 0 aliphatic carbocycles. The van der Waals surface area contributed by atoms with Crippen molar-refractivity contribution in [2.75, 3.05) is 0 Å². The summed E-state index contributed by atoms with van der Waals surface area (Å²) < 4.78 is 56.7. The first kappa shape index (κ1) is 24.1. The van der Waals surface area contributed by atoms with E-state index in [0.717, 1.165) is 19.3 Å². The van der Waals surface area contributed by atoms with Crippen LogP contribution >= 0.6 is 0 Å². The topological polar surface area (TPSA) is 0 Å². The second-order valence-electron chi connectivity index (χ2n) is 7.78. The minimum atomic E-state index is -0.673. The number of halogens is 4. The molecular formula is C29H24F4. The van der Waals surface area contributed by atoms with E-state index in [2.05, 4.69) is 23.7 Å². The van der Waals surface area contributed by atoms with Crippen LogP contribution in [0.1, 0.15) is 66.5 Å². The molecule has 0 saturated heterocycles. The van der Waals surface area contributed by atoms with Gasteiger partial charge in [-0.25, -0.2) is 17.6 Å². The highest BCUT2D eigenvalue weighted by molar-refractivity contribution is 5.49. The first-order valence-corrected chi connectivity index (χ1v) is 11.0. The summed E-state index contributed by atoms with van der Waals surface area (Å²) in [5, 5.41) is 0. The van der Waals surface area contributed by atoms with E-state index in [1.165, 1.54) is 24.3 Å². The lowest BCUT2D eigenvalue weighted by Crippen LogP contribution is -1.97. The van der Waals surface area contributed by atoms with Crippen LogP contribution in [0.4, 0.5) is 17.6 Å². The number of unbranched alkanes of at least 4 members (excludes halogenated alkanes) is 1. The zero-order valence-corrected chi connectivity index (χ0v) is 18.7. The molecule has 3 aromatic carbocycles. The standard InChI is InChI=1S/C29H24F4/c1-3-5-7-24-26(30)18-23(19-27(24)31)13-12-20-8-10-21(11-9-20)14-15-25-28(32)16-22(6-4-2)17-29(25)33/h8-11,16-19H,3-7H2,1-2H3. The van der Waals surface area contributed by atoms with Gasteiger partial charge in [0.1, 0.15) is 23.3 Å². The van der Waals surface area contributed by atoms with Crippen LogP contribution in [0, 0.1) is 47.0 Å². The number of hydrogen-bond donors (Lipinski definition) is 0. The molecular weight excluding hydrogens is 424 g/mol. The molecule has 0 N–H and O–H groups in total. The van der Waals surface area contributed by atoms with Crippen LogP contribution in [0.25, 0.3) is 0 Å². The van der Waals surface area contributed by atoms with Crippen molar-refractivity contribution in [2.24, 2.45) is 0 Å². The maximum absolute atomic E-state index is 14.2. The van der Waals surface area contributed by atoms with E-state index in [1.54, 1.807) is 24.3 Å². The van der Waals surface area contributed by atoms with Gasteiger partial charge in [-0.15, -0.1) is 0 Å². The second-order valence-corrected chi connectivity index (χ2v) is 7.78. The van der Waals surface area contributed by atoms with E-state index < -0.39 is 23.3 Å². The molecule has 0 unspecified atom stereocenters. The maximum atomic E-state index is 14.2. The molecule has 0 bridgehead atoms. The fraction of sp³-hybridized carbons (Fsp3) is 0.241. The first-order valence-electron chi connectivity index (χ1n) is 11.0. The van der Waals surface area contributed by atoms with Crippen molar-refractivity contribution < 1.29 is 17.6 Å². The minimum Gasteiger partial charge on any atom is -0.207 e. The van der Waals surface area contributed by atoms with Crippen LogP contribution in [-0.4, -0.2) is 0 Å². The Kier molecular flexibility index (Phi) is 8.34. The fourth-order valence-corrected chi connectivity index (χ4v) is 3.36. The van der Waals surface area contributed by atoms with Gasteiger partial charge in [-0.3, -0.25) is 0 Å². The van der Waals surface area contributed by atoms with Crippen molar-refractivity contribution in [3.05, 3.63) is 105 Å². The molecule has 0 aromatic heterocycles. The molecule has 0 atom stereocenters. The normalized spacial score (nSPS) is 10.2. The Balaban J connectivity index is 1.75. The van der Waals surface area contributed by atoms with Gasteiger partial charge in [-0.1, -0.05) is 50.4 Å². The van der Waals surface area contributed by atoms with Crippen molar-refractivity contribution in [3.8, 4) is 23.7 Å². The van der Waals surface area contributed by atoms with Gasteiger partial charge in [0.05, 0.1) is 5.56 Å². The lowest BCUT2D eigenvalue weighted by molar-refractivity contribution is 0.548. The summed E-state index contributed by atoms with van der Waals surface area (Å²) in [6, 6.07) is 11.9.